The number of quaternary nitrogens is 1. The standard InChI is InChI=1S/C20H29N3O4S/c1-4-18(24)22-10-7-21(8-11-22)9-12-23-19(25)14-28-20(23)16-13-15(26-2)5-6-17(16)27-3/h5-6,13,20H,4,7-12,14H2,1-3H3/p+1/t20-/m1/s1. The van der Waals surface area contributed by atoms with Gasteiger partial charge in [0.2, 0.25) is 11.8 Å². The van der Waals surface area contributed by atoms with Gasteiger partial charge in [0, 0.05) is 12.0 Å². The minimum Gasteiger partial charge on any atom is -0.497 e. The van der Waals surface area contributed by atoms with E-state index in [1.54, 1.807) is 26.0 Å². The van der Waals surface area contributed by atoms with Crippen LogP contribution in [0.5, 0.6) is 11.5 Å². The molecule has 154 valence electrons. The van der Waals surface area contributed by atoms with Crippen molar-refractivity contribution in [2.75, 3.05) is 59.2 Å². The summed E-state index contributed by atoms with van der Waals surface area (Å²) >= 11 is 1.63. The molecule has 2 aliphatic rings. The smallest absolute Gasteiger partial charge is 0.234 e. The molecule has 8 heteroatoms. The van der Waals surface area contributed by atoms with Gasteiger partial charge in [0.05, 0.1) is 59.2 Å². The van der Waals surface area contributed by atoms with Crippen LogP contribution in [-0.2, 0) is 9.59 Å². The van der Waals surface area contributed by atoms with Crippen molar-refractivity contribution in [1.29, 1.82) is 0 Å². The second kappa shape index (κ2) is 9.52. The molecule has 1 atom stereocenters. The highest BCUT2D eigenvalue weighted by Crippen LogP contribution is 2.43. The first-order valence-electron chi connectivity index (χ1n) is 9.81. The van der Waals surface area contributed by atoms with Crippen molar-refractivity contribution < 1.29 is 24.0 Å². The van der Waals surface area contributed by atoms with Gasteiger partial charge in [0.25, 0.3) is 0 Å². The lowest BCUT2D eigenvalue weighted by Crippen LogP contribution is -3.15. The summed E-state index contributed by atoms with van der Waals surface area (Å²) in [6.07, 6.45) is 0.568. The normalized spacial score (nSPS) is 20.5. The van der Waals surface area contributed by atoms with Crippen LogP contribution >= 0.6 is 11.8 Å². The van der Waals surface area contributed by atoms with Crippen molar-refractivity contribution >= 4 is 23.6 Å². The molecule has 0 radical (unpaired) electrons. The number of methoxy groups -OCH3 is 2. The fourth-order valence-corrected chi connectivity index (χ4v) is 5.04. The third kappa shape index (κ3) is 4.55. The number of ether oxygens (including phenoxy) is 2. The molecule has 2 amide bonds. The predicted molar refractivity (Wildman–Crippen MR) is 109 cm³/mol. The van der Waals surface area contributed by atoms with Crippen LogP contribution < -0.4 is 14.4 Å². The molecule has 2 fully saturated rings. The molecule has 0 spiro atoms. The van der Waals surface area contributed by atoms with Crippen molar-refractivity contribution in [2.45, 2.75) is 18.7 Å². The highest BCUT2D eigenvalue weighted by atomic mass is 32.2. The Hall–Kier alpha value is -1.93. The largest absolute Gasteiger partial charge is 0.497 e. The fraction of sp³-hybridized carbons (Fsp3) is 0.600. The number of amides is 2. The monoisotopic (exact) mass is 408 g/mol. The molecule has 1 aromatic rings. The SMILES string of the molecule is CCC(=O)N1CC[NH+](CCN2C(=O)CS[C@@H]2c2cc(OC)ccc2OC)CC1. The Morgan fingerprint density at radius 3 is 2.64 bits per heavy atom. The molecule has 0 aromatic heterocycles. The Morgan fingerprint density at radius 2 is 2.00 bits per heavy atom. The molecule has 2 heterocycles. The Balaban J connectivity index is 1.63. The summed E-state index contributed by atoms with van der Waals surface area (Å²) in [7, 11) is 3.29. The van der Waals surface area contributed by atoms with Crippen molar-refractivity contribution in [1.82, 2.24) is 9.80 Å². The van der Waals surface area contributed by atoms with E-state index in [0.29, 0.717) is 18.7 Å². The summed E-state index contributed by atoms with van der Waals surface area (Å²) in [6.45, 7) is 6.99. The summed E-state index contributed by atoms with van der Waals surface area (Å²) in [6, 6.07) is 5.73. The van der Waals surface area contributed by atoms with Gasteiger partial charge >= 0.3 is 0 Å². The summed E-state index contributed by atoms with van der Waals surface area (Å²) < 4.78 is 10.9. The summed E-state index contributed by atoms with van der Waals surface area (Å²) in [4.78, 5) is 29.7. The average molecular weight is 409 g/mol. The molecule has 28 heavy (non-hydrogen) atoms. The van der Waals surface area contributed by atoms with E-state index in [-0.39, 0.29) is 17.2 Å². The zero-order valence-corrected chi connectivity index (χ0v) is 17.7. The van der Waals surface area contributed by atoms with E-state index in [1.165, 1.54) is 4.90 Å². The number of hydrogen-bond acceptors (Lipinski definition) is 5. The van der Waals surface area contributed by atoms with E-state index in [1.807, 2.05) is 34.9 Å². The number of nitrogens with one attached hydrogen (secondary N) is 1. The van der Waals surface area contributed by atoms with Crippen LogP contribution in [0.15, 0.2) is 18.2 Å². The maximum atomic E-state index is 12.5. The van der Waals surface area contributed by atoms with Crippen LogP contribution in [-0.4, -0.2) is 80.9 Å². The zero-order chi connectivity index (χ0) is 20.1. The van der Waals surface area contributed by atoms with Crippen molar-refractivity contribution in [3.8, 4) is 11.5 Å². The van der Waals surface area contributed by atoms with E-state index in [4.69, 9.17) is 9.47 Å². The van der Waals surface area contributed by atoms with E-state index >= 15 is 0 Å². The number of thioether (sulfide) groups is 1. The van der Waals surface area contributed by atoms with E-state index in [9.17, 15) is 9.59 Å². The maximum Gasteiger partial charge on any atom is 0.234 e. The highest BCUT2D eigenvalue weighted by molar-refractivity contribution is 8.00. The van der Waals surface area contributed by atoms with Gasteiger partial charge in [-0.2, -0.15) is 0 Å². The molecule has 0 saturated carbocycles. The topological polar surface area (TPSA) is 63.5 Å². The van der Waals surface area contributed by atoms with E-state index in [0.717, 1.165) is 49.8 Å². The maximum absolute atomic E-state index is 12.5. The minimum atomic E-state index is -0.0556. The van der Waals surface area contributed by atoms with Crippen LogP contribution in [0.2, 0.25) is 0 Å². The van der Waals surface area contributed by atoms with Crippen LogP contribution in [0, 0.1) is 0 Å². The lowest BCUT2D eigenvalue weighted by Gasteiger charge is -2.33. The second-order valence-electron chi connectivity index (χ2n) is 7.09. The van der Waals surface area contributed by atoms with E-state index < -0.39 is 0 Å². The van der Waals surface area contributed by atoms with Gasteiger partial charge in [-0.3, -0.25) is 9.59 Å². The van der Waals surface area contributed by atoms with Gasteiger partial charge in [-0.25, -0.2) is 0 Å². The van der Waals surface area contributed by atoms with Crippen molar-refractivity contribution in [2.24, 2.45) is 0 Å². The Labute approximate surface area is 170 Å². The first-order valence-corrected chi connectivity index (χ1v) is 10.9. The molecular formula is C20H30N3O4S+. The average Bonchev–Trinajstić information content (AvgIpc) is 3.11. The highest BCUT2D eigenvalue weighted by Gasteiger charge is 2.35. The number of benzene rings is 1. The summed E-state index contributed by atoms with van der Waals surface area (Å²) in [5.74, 6) is 2.42. The zero-order valence-electron chi connectivity index (χ0n) is 16.9. The summed E-state index contributed by atoms with van der Waals surface area (Å²) in [5, 5.41) is -0.0556. The van der Waals surface area contributed by atoms with Gasteiger partial charge in [-0.05, 0) is 18.2 Å². The molecule has 0 aliphatic carbocycles. The second-order valence-corrected chi connectivity index (χ2v) is 8.16. The molecule has 1 aromatic carbocycles. The third-order valence-corrected chi connectivity index (χ3v) is 6.74. The molecule has 1 N–H and O–H groups in total. The van der Waals surface area contributed by atoms with Gasteiger partial charge in [0.15, 0.2) is 0 Å². The molecule has 2 saturated heterocycles. The lowest BCUT2D eigenvalue weighted by molar-refractivity contribution is -0.903. The van der Waals surface area contributed by atoms with Gasteiger partial charge < -0.3 is 24.2 Å². The van der Waals surface area contributed by atoms with Crippen molar-refractivity contribution in [3.63, 3.8) is 0 Å². The number of hydrogen-bond donors (Lipinski definition) is 1. The third-order valence-electron chi connectivity index (χ3n) is 5.50. The molecule has 2 aliphatic heterocycles. The molecule has 0 bridgehead atoms. The van der Waals surface area contributed by atoms with Crippen LogP contribution in [0.1, 0.15) is 24.3 Å². The van der Waals surface area contributed by atoms with Gasteiger partial charge in [-0.1, -0.05) is 6.92 Å². The van der Waals surface area contributed by atoms with Gasteiger partial charge in [-0.15, -0.1) is 11.8 Å². The lowest BCUT2D eigenvalue weighted by atomic mass is 10.1. The molecular weight excluding hydrogens is 378 g/mol. The molecule has 0 unspecified atom stereocenters. The van der Waals surface area contributed by atoms with E-state index in [2.05, 4.69) is 0 Å². The fourth-order valence-electron chi connectivity index (χ4n) is 3.81. The van der Waals surface area contributed by atoms with Crippen LogP contribution in [0.3, 0.4) is 0 Å². The number of rotatable bonds is 7. The quantitative estimate of drug-likeness (QED) is 0.708. The number of nitrogens with zero attached hydrogens (tertiary/aromatic N) is 2. The van der Waals surface area contributed by atoms with Gasteiger partial charge in [0.1, 0.15) is 16.9 Å². The first-order chi connectivity index (χ1) is 13.6. The summed E-state index contributed by atoms with van der Waals surface area (Å²) in [5.41, 5.74) is 0.978. The van der Waals surface area contributed by atoms with Crippen LogP contribution in [0.25, 0.3) is 0 Å². The first kappa shape index (κ1) is 20.8. The number of piperazine rings is 1. The van der Waals surface area contributed by atoms with Crippen LogP contribution in [0.4, 0.5) is 0 Å². The number of carbonyl (C=O) groups is 2. The Kier molecular flexibility index (Phi) is 7.07. The Bertz CT molecular complexity index is 707. The number of carbonyl (C=O) groups excluding carboxylic acids is 2. The predicted octanol–water partition coefficient (Wildman–Crippen LogP) is 0.415. The van der Waals surface area contributed by atoms with Crippen molar-refractivity contribution in [3.05, 3.63) is 23.8 Å². The minimum absolute atomic E-state index is 0.0556. The molecule has 7 nitrogen and oxygen atoms in total. The molecule has 3 rings (SSSR count). The Morgan fingerprint density at radius 1 is 1.25 bits per heavy atom.